The maximum Gasteiger partial charge on any atom is 0.250 e. The molecule has 1 atom stereocenters. The van der Waals surface area contributed by atoms with Crippen molar-refractivity contribution in [2.75, 3.05) is 0 Å². The predicted molar refractivity (Wildman–Crippen MR) is 47.1 cm³/mol. The average Bonchev–Trinajstić information content (AvgIpc) is 1.96. The smallest absolute Gasteiger partial charge is 0.250 e. The molecule has 1 N–H and O–H groups in total. The summed E-state index contributed by atoms with van der Waals surface area (Å²) in [4.78, 5) is 11.2. The SMILES string of the molecule is Cc1ccc(=O)n(CC(C)O)c1. The summed E-state index contributed by atoms with van der Waals surface area (Å²) in [5.74, 6) is 0. The van der Waals surface area contributed by atoms with E-state index in [0.29, 0.717) is 6.54 Å². The Labute approximate surface area is 71.3 Å². The number of nitrogens with zero attached hydrogens (tertiary/aromatic N) is 1. The van der Waals surface area contributed by atoms with Gasteiger partial charge in [0.1, 0.15) is 0 Å². The van der Waals surface area contributed by atoms with Crippen molar-refractivity contribution in [3.8, 4) is 0 Å². The minimum Gasteiger partial charge on any atom is -0.392 e. The Balaban J connectivity index is 2.98. The number of pyridine rings is 1. The van der Waals surface area contributed by atoms with Crippen molar-refractivity contribution < 1.29 is 5.11 Å². The molecule has 3 nitrogen and oxygen atoms in total. The van der Waals surface area contributed by atoms with E-state index in [0.717, 1.165) is 5.56 Å². The highest BCUT2D eigenvalue weighted by molar-refractivity contribution is 5.07. The molecule has 0 aliphatic carbocycles. The van der Waals surface area contributed by atoms with Gasteiger partial charge in [-0.25, -0.2) is 0 Å². The van der Waals surface area contributed by atoms with Crippen LogP contribution in [0.4, 0.5) is 0 Å². The monoisotopic (exact) mass is 167 g/mol. The van der Waals surface area contributed by atoms with Gasteiger partial charge in [-0.05, 0) is 19.4 Å². The van der Waals surface area contributed by atoms with E-state index in [-0.39, 0.29) is 5.56 Å². The fraction of sp³-hybridized carbons (Fsp3) is 0.444. The van der Waals surface area contributed by atoms with Gasteiger partial charge < -0.3 is 9.67 Å². The molecule has 1 unspecified atom stereocenters. The Kier molecular flexibility index (Phi) is 2.65. The normalized spacial score (nSPS) is 12.9. The van der Waals surface area contributed by atoms with E-state index >= 15 is 0 Å². The van der Waals surface area contributed by atoms with Gasteiger partial charge in [-0.3, -0.25) is 4.79 Å². The summed E-state index contributed by atoms with van der Waals surface area (Å²) in [5.41, 5.74) is 0.955. The molecule has 1 rings (SSSR count). The molecule has 0 radical (unpaired) electrons. The van der Waals surface area contributed by atoms with Crippen LogP contribution in [0.3, 0.4) is 0 Å². The van der Waals surface area contributed by atoms with Crippen LogP contribution in [0.15, 0.2) is 23.1 Å². The van der Waals surface area contributed by atoms with Crippen molar-refractivity contribution in [2.45, 2.75) is 26.5 Å². The lowest BCUT2D eigenvalue weighted by Crippen LogP contribution is -2.24. The summed E-state index contributed by atoms with van der Waals surface area (Å²) in [7, 11) is 0. The molecule has 0 aliphatic rings. The molecule has 1 heterocycles. The Morgan fingerprint density at radius 1 is 1.58 bits per heavy atom. The number of rotatable bonds is 2. The van der Waals surface area contributed by atoms with E-state index in [1.807, 2.05) is 6.92 Å². The quantitative estimate of drug-likeness (QED) is 0.698. The summed E-state index contributed by atoms with van der Waals surface area (Å²) in [5, 5.41) is 9.06. The first-order valence-electron chi connectivity index (χ1n) is 3.95. The van der Waals surface area contributed by atoms with E-state index in [4.69, 9.17) is 5.11 Å². The van der Waals surface area contributed by atoms with Gasteiger partial charge in [-0.1, -0.05) is 6.07 Å². The predicted octanol–water partition coefficient (Wildman–Crippen LogP) is 0.538. The van der Waals surface area contributed by atoms with Crippen LogP contribution in [0.1, 0.15) is 12.5 Å². The van der Waals surface area contributed by atoms with Crippen LogP contribution >= 0.6 is 0 Å². The van der Waals surface area contributed by atoms with Crippen molar-refractivity contribution in [3.63, 3.8) is 0 Å². The van der Waals surface area contributed by atoms with Crippen molar-refractivity contribution in [1.82, 2.24) is 4.57 Å². The molecule has 0 aromatic carbocycles. The number of aliphatic hydroxyl groups is 1. The largest absolute Gasteiger partial charge is 0.392 e. The molecule has 0 aliphatic heterocycles. The third-order valence-corrected chi connectivity index (χ3v) is 1.59. The zero-order chi connectivity index (χ0) is 9.14. The van der Waals surface area contributed by atoms with Crippen molar-refractivity contribution >= 4 is 0 Å². The lowest BCUT2D eigenvalue weighted by atomic mass is 10.3. The summed E-state index contributed by atoms with van der Waals surface area (Å²) >= 11 is 0. The van der Waals surface area contributed by atoms with E-state index in [2.05, 4.69) is 0 Å². The fourth-order valence-corrected chi connectivity index (χ4v) is 1.08. The van der Waals surface area contributed by atoms with Crippen LogP contribution < -0.4 is 5.56 Å². The van der Waals surface area contributed by atoms with Crippen LogP contribution in [0, 0.1) is 6.92 Å². The first-order chi connectivity index (χ1) is 5.59. The second kappa shape index (κ2) is 3.54. The Bertz CT molecular complexity index is 315. The molecule has 0 spiro atoms. The molecule has 12 heavy (non-hydrogen) atoms. The maximum atomic E-state index is 11.2. The van der Waals surface area contributed by atoms with Crippen LogP contribution in [0.25, 0.3) is 0 Å². The molecule has 1 aromatic rings. The van der Waals surface area contributed by atoms with Crippen molar-refractivity contribution in [3.05, 3.63) is 34.2 Å². The molecular formula is C9H13NO2. The number of hydrogen-bond acceptors (Lipinski definition) is 2. The zero-order valence-corrected chi connectivity index (χ0v) is 7.32. The number of aliphatic hydroxyl groups excluding tert-OH is 1. The lowest BCUT2D eigenvalue weighted by molar-refractivity contribution is 0.172. The molecule has 0 fully saturated rings. The van der Waals surface area contributed by atoms with Gasteiger partial charge in [-0.15, -0.1) is 0 Å². The standard InChI is InChI=1S/C9H13NO2/c1-7-3-4-9(12)10(5-7)6-8(2)11/h3-5,8,11H,6H2,1-2H3. The highest BCUT2D eigenvalue weighted by atomic mass is 16.3. The topological polar surface area (TPSA) is 42.2 Å². The fourth-order valence-electron chi connectivity index (χ4n) is 1.08. The Hall–Kier alpha value is -1.09. The molecular weight excluding hydrogens is 154 g/mol. The van der Waals surface area contributed by atoms with Crippen LogP contribution in [-0.2, 0) is 6.54 Å². The Morgan fingerprint density at radius 2 is 2.25 bits per heavy atom. The van der Waals surface area contributed by atoms with Gasteiger partial charge in [0.05, 0.1) is 12.6 Å². The van der Waals surface area contributed by atoms with E-state index in [9.17, 15) is 4.79 Å². The van der Waals surface area contributed by atoms with Gasteiger partial charge in [0.25, 0.3) is 5.56 Å². The van der Waals surface area contributed by atoms with Gasteiger partial charge in [0, 0.05) is 12.3 Å². The molecule has 3 heteroatoms. The highest BCUT2D eigenvalue weighted by Gasteiger charge is 1.99. The molecule has 1 aromatic heterocycles. The van der Waals surface area contributed by atoms with E-state index in [1.165, 1.54) is 10.6 Å². The van der Waals surface area contributed by atoms with Crippen molar-refractivity contribution in [1.29, 1.82) is 0 Å². The van der Waals surface area contributed by atoms with Crippen LogP contribution in [-0.4, -0.2) is 15.8 Å². The van der Waals surface area contributed by atoms with Gasteiger partial charge in [0.2, 0.25) is 0 Å². The summed E-state index contributed by atoms with van der Waals surface area (Å²) in [6, 6.07) is 3.28. The molecule has 0 amide bonds. The second-order valence-electron chi connectivity index (χ2n) is 3.05. The molecule has 66 valence electrons. The lowest BCUT2D eigenvalue weighted by Gasteiger charge is -2.07. The second-order valence-corrected chi connectivity index (χ2v) is 3.05. The molecule has 0 bridgehead atoms. The van der Waals surface area contributed by atoms with E-state index in [1.54, 1.807) is 19.2 Å². The zero-order valence-electron chi connectivity index (χ0n) is 7.32. The van der Waals surface area contributed by atoms with Gasteiger partial charge in [0.15, 0.2) is 0 Å². The van der Waals surface area contributed by atoms with Crippen LogP contribution in [0.5, 0.6) is 0 Å². The minimum atomic E-state index is -0.482. The van der Waals surface area contributed by atoms with Crippen LogP contribution in [0.2, 0.25) is 0 Å². The molecule has 0 saturated heterocycles. The number of hydrogen-bond donors (Lipinski definition) is 1. The summed E-state index contributed by atoms with van der Waals surface area (Å²) < 4.78 is 1.51. The summed E-state index contributed by atoms with van der Waals surface area (Å²) in [6.45, 7) is 3.94. The Morgan fingerprint density at radius 3 is 2.83 bits per heavy atom. The third kappa shape index (κ3) is 2.20. The molecule has 0 saturated carbocycles. The highest BCUT2D eigenvalue weighted by Crippen LogP contribution is 1.93. The first-order valence-corrected chi connectivity index (χ1v) is 3.95. The first kappa shape index (κ1) is 9.00. The average molecular weight is 167 g/mol. The number of aryl methyl sites for hydroxylation is 1. The maximum absolute atomic E-state index is 11.2. The minimum absolute atomic E-state index is 0.0681. The van der Waals surface area contributed by atoms with Gasteiger partial charge in [-0.2, -0.15) is 0 Å². The summed E-state index contributed by atoms with van der Waals surface area (Å²) in [6.07, 6.45) is 1.26. The van der Waals surface area contributed by atoms with Gasteiger partial charge >= 0.3 is 0 Å². The number of aromatic nitrogens is 1. The van der Waals surface area contributed by atoms with Crippen molar-refractivity contribution in [2.24, 2.45) is 0 Å². The van der Waals surface area contributed by atoms with E-state index < -0.39 is 6.10 Å². The third-order valence-electron chi connectivity index (χ3n) is 1.59.